The molecule has 7 heteroatoms. The number of aromatic nitrogens is 1. The number of hydrogen-bond donors (Lipinski definition) is 1. The third-order valence-corrected chi connectivity index (χ3v) is 4.27. The first-order chi connectivity index (χ1) is 10.2. The first-order valence-electron chi connectivity index (χ1n) is 6.67. The predicted molar refractivity (Wildman–Crippen MR) is 79.2 cm³/mol. The van der Waals surface area contributed by atoms with Gasteiger partial charge in [-0.15, -0.1) is 0 Å². The van der Waals surface area contributed by atoms with Crippen LogP contribution < -0.4 is 5.73 Å². The molecule has 0 saturated carbocycles. The average Bonchev–Trinajstić information content (AvgIpc) is 2.53. The maximum Gasteiger partial charge on any atom is 0.232 e. The van der Waals surface area contributed by atoms with Crippen LogP contribution in [0.25, 0.3) is 0 Å². The minimum Gasteiger partial charge on any atom is -0.383 e. The smallest absolute Gasteiger partial charge is 0.232 e. The number of anilines is 1. The number of likely N-dealkylation sites (tertiary alicyclic amines) is 1. The molecular weight excluding hydrogens is 286 g/mol. The molecule has 21 heavy (non-hydrogen) atoms. The van der Waals surface area contributed by atoms with Crippen molar-refractivity contribution in [3.05, 3.63) is 17.2 Å². The van der Waals surface area contributed by atoms with Crippen LogP contribution in [0, 0.1) is 22.7 Å². The molecule has 0 radical (unpaired) electrons. The summed E-state index contributed by atoms with van der Waals surface area (Å²) in [5.41, 5.74) is 6.11. The number of carbonyl (C=O) groups excluding carboxylic acids is 1. The molecule has 1 saturated heterocycles. The van der Waals surface area contributed by atoms with Gasteiger partial charge in [-0.1, -0.05) is 11.8 Å². The summed E-state index contributed by atoms with van der Waals surface area (Å²) in [5, 5.41) is 18.4. The molecule has 2 N–H and O–H groups in total. The van der Waals surface area contributed by atoms with Gasteiger partial charge in [-0.05, 0) is 25.3 Å². The van der Waals surface area contributed by atoms with Crippen LogP contribution in [-0.4, -0.2) is 34.6 Å². The molecule has 0 atom stereocenters. The lowest BCUT2D eigenvalue weighted by molar-refractivity contribution is -0.129. The third kappa shape index (κ3) is 3.65. The van der Waals surface area contributed by atoms with E-state index in [1.165, 1.54) is 24.2 Å². The zero-order chi connectivity index (χ0) is 15.2. The minimum absolute atomic E-state index is 0.0494. The van der Waals surface area contributed by atoms with Crippen molar-refractivity contribution in [3.63, 3.8) is 0 Å². The van der Waals surface area contributed by atoms with Crippen LogP contribution in [0.1, 0.15) is 30.4 Å². The van der Waals surface area contributed by atoms with Crippen molar-refractivity contribution in [3.8, 4) is 12.1 Å². The number of nitrogens with zero attached hydrogens (tertiary/aromatic N) is 4. The van der Waals surface area contributed by atoms with Crippen molar-refractivity contribution >= 4 is 23.5 Å². The zero-order valence-corrected chi connectivity index (χ0v) is 12.3. The second-order valence-corrected chi connectivity index (χ2v) is 5.69. The van der Waals surface area contributed by atoms with E-state index in [1.807, 2.05) is 17.0 Å². The molecule has 108 valence electrons. The Bertz CT molecular complexity index is 625. The van der Waals surface area contributed by atoms with Gasteiger partial charge in [0.05, 0.1) is 16.9 Å². The molecule has 2 heterocycles. The van der Waals surface area contributed by atoms with Gasteiger partial charge >= 0.3 is 0 Å². The lowest BCUT2D eigenvalue weighted by Gasteiger charge is -2.26. The summed E-state index contributed by atoms with van der Waals surface area (Å²) in [6.07, 6.45) is 3.26. The van der Waals surface area contributed by atoms with E-state index >= 15 is 0 Å². The largest absolute Gasteiger partial charge is 0.383 e. The molecule has 0 spiro atoms. The summed E-state index contributed by atoms with van der Waals surface area (Å²) in [7, 11) is 0. The number of piperidine rings is 1. The van der Waals surface area contributed by atoms with Crippen LogP contribution in [0.2, 0.25) is 0 Å². The number of nitrogen functional groups attached to an aromatic ring is 1. The highest BCUT2D eigenvalue weighted by molar-refractivity contribution is 8.00. The molecule has 0 aromatic carbocycles. The van der Waals surface area contributed by atoms with Crippen LogP contribution in [0.3, 0.4) is 0 Å². The number of pyridine rings is 1. The maximum absolute atomic E-state index is 12.1. The van der Waals surface area contributed by atoms with E-state index in [4.69, 9.17) is 16.3 Å². The van der Waals surface area contributed by atoms with Gasteiger partial charge in [0.15, 0.2) is 0 Å². The van der Waals surface area contributed by atoms with Crippen molar-refractivity contribution in [2.75, 3.05) is 24.6 Å². The van der Waals surface area contributed by atoms with Gasteiger partial charge in [0.1, 0.15) is 23.0 Å². The number of nitrogens with two attached hydrogens (primary N) is 1. The number of nitriles is 2. The summed E-state index contributed by atoms with van der Waals surface area (Å²) >= 11 is 1.19. The zero-order valence-electron chi connectivity index (χ0n) is 11.5. The van der Waals surface area contributed by atoms with Crippen molar-refractivity contribution < 1.29 is 4.79 Å². The molecule has 0 aliphatic carbocycles. The Morgan fingerprint density at radius 3 is 2.57 bits per heavy atom. The standard InChI is InChI=1S/C14H15N5OS/c15-7-10-6-11(8-16)14(18-13(10)17)21-9-12(20)19-4-2-1-3-5-19/h6H,1-5,9H2,(H2,17,18). The van der Waals surface area contributed by atoms with Gasteiger partial charge in [0, 0.05) is 13.1 Å². The molecular formula is C14H15N5OS. The Hall–Kier alpha value is -2.25. The normalized spacial score (nSPS) is 14.3. The Kier molecular flexibility index (Phi) is 5.02. The number of hydrogen-bond acceptors (Lipinski definition) is 6. The number of rotatable bonds is 3. The molecule has 1 amide bonds. The van der Waals surface area contributed by atoms with E-state index in [1.54, 1.807) is 0 Å². The number of carbonyl (C=O) groups is 1. The van der Waals surface area contributed by atoms with E-state index in [-0.39, 0.29) is 28.6 Å². The third-order valence-electron chi connectivity index (χ3n) is 3.30. The molecule has 2 rings (SSSR count). The second kappa shape index (κ2) is 6.96. The van der Waals surface area contributed by atoms with Gasteiger partial charge in [0.25, 0.3) is 0 Å². The Morgan fingerprint density at radius 2 is 1.95 bits per heavy atom. The lowest BCUT2D eigenvalue weighted by Crippen LogP contribution is -2.36. The van der Waals surface area contributed by atoms with Crippen molar-refractivity contribution in [1.29, 1.82) is 10.5 Å². The average molecular weight is 301 g/mol. The van der Waals surface area contributed by atoms with E-state index in [2.05, 4.69) is 4.98 Å². The molecule has 1 aliphatic heterocycles. The highest BCUT2D eigenvalue weighted by Crippen LogP contribution is 2.24. The first-order valence-corrected chi connectivity index (χ1v) is 7.65. The summed E-state index contributed by atoms with van der Waals surface area (Å²) in [6, 6.07) is 5.29. The molecule has 1 aromatic rings. The van der Waals surface area contributed by atoms with Gasteiger partial charge in [-0.3, -0.25) is 4.79 Å². The molecule has 6 nitrogen and oxygen atoms in total. The van der Waals surface area contributed by atoms with Gasteiger partial charge in [-0.25, -0.2) is 4.98 Å². The van der Waals surface area contributed by atoms with E-state index in [0.29, 0.717) is 5.03 Å². The number of amides is 1. The summed E-state index contributed by atoms with van der Waals surface area (Å²) in [6.45, 7) is 1.60. The van der Waals surface area contributed by atoms with Gasteiger partial charge in [0.2, 0.25) is 5.91 Å². The SMILES string of the molecule is N#Cc1cc(C#N)c(SCC(=O)N2CCCCC2)nc1N. The number of thioether (sulfide) groups is 1. The Labute approximate surface area is 127 Å². The predicted octanol–water partition coefficient (Wildman–Crippen LogP) is 1.51. The molecule has 1 aliphatic rings. The minimum atomic E-state index is 0.0494. The molecule has 0 unspecified atom stereocenters. The summed E-state index contributed by atoms with van der Waals surface area (Å²) in [4.78, 5) is 18.0. The first kappa shape index (κ1) is 15.1. The lowest BCUT2D eigenvalue weighted by atomic mass is 10.1. The maximum atomic E-state index is 12.1. The quantitative estimate of drug-likeness (QED) is 0.848. The summed E-state index contributed by atoms with van der Waals surface area (Å²) in [5.74, 6) is 0.366. The fraction of sp³-hybridized carbons (Fsp3) is 0.429. The fourth-order valence-corrected chi connectivity index (χ4v) is 3.02. The fourth-order valence-electron chi connectivity index (χ4n) is 2.15. The van der Waals surface area contributed by atoms with Crippen LogP contribution in [0.15, 0.2) is 11.1 Å². The van der Waals surface area contributed by atoms with Crippen LogP contribution in [0.5, 0.6) is 0 Å². The van der Waals surface area contributed by atoms with Crippen molar-refractivity contribution in [2.45, 2.75) is 24.3 Å². The van der Waals surface area contributed by atoms with Gasteiger partial charge in [-0.2, -0.15) is 10.5 Å². The highest BCUT2D eigenvalue weighted by Gasteiger charge is 2.18. The second-order valence-electron chi connectivity index (χ2n) is 4.73. The monoisotopic (exact) mass is 301 g/mol. The van der Waals surface area contributed by atoms with Crippen molar-refractivity contribution in [1.82, 2.24) is 9.88 Å². The van der Waals surface area contributed by atoms with Crippen molar-refractivity contribution in [2.24, 2.45) is 0 Å². The van der Waals surface area contributed by atoms with E-state index < -0.39 is 0 Å². The van der Waals surface area contributed by atoms with Crippen LogP contribution >= 0.6 is 11.8 Å². The Balaban J connectivity index is 2.06. The van der Waals surface area contributed by atoms with Gasteiger partial charge < -0.3 is 10.6 Å². The molecule has 0 bridgehead atoms. The summed E-state index contributed by atoms with van der Waals surface area (Å²) < 4.78 is 0. The van der Waals surface area contributed by atoms with E-state index in [9.17, 15) is 4.79 Å². The highest BCUT2D eigenvalue weighted by atomic mass is 32.2. The Morgan fingerprint density at radius 1 is 1.29 bits per heavy atom. The van der Waals surface area contributed by atoms with Crippen LogP contribution in [0.4, 0.5) is 5.82 Å². The topological polar surface area (TPSA) is 107 Å². The molecule has 1 fully saturated rings. The van der Waals surface area contributed by atoms with Crippen LogP contribution in [-0.2, 0) is 4.79 Å². The van der Waals surface area contributed by atoms with E-state index in [0.717, 1.165) is 25.9 Å². The molecule has 1 aromatic heterocycles.